The average molecular weight is 404 g/mol. The van der Waals surface area contributed by atoms with Crippen LogP contribution < -0.4 is 14.9 Å². The lowest BCUT2D eigenvalue weighted by Crippen LogP contribution is -2.39. The van der Waals surface area contributed by atoms with Gasteiger partial charge in [0.15, 0.2) is 4.80 Å². The van der Waals surface area contributed by atoms with E-state index in [1.807, 2.05) is 67.6 Å². The molecule has 6 heteroatoms. The molecule has 2 heterocycles. The van der Waals surface area contributed by atoms with E-state index in [2.05, 4.69) is 4.99 Å². The van der Waals surface area contributed by atoms with Gasteiger partial charge in [-0.3, -0.25) is 9.36 Å². The van der Waals surface area contributed by atoms with Crippen molar-refractivity contribution in [1.82, 2.24) is 4.57 Å². The maximum absolute atomic E-state index is 13.3. The van der Waals surface area contributed by atoms with Gasteiger partial charge in [0.2, 0.25) is 0 Å². The number of methoxy groups -OCH3 is 1. The molecule has 1 atom stereocenters. The Kier molecular flexibility index (Phi) is 5.03. The van der Waals surface area contributed by atoms with Crippen molar-refractivity contribution in [1.29, 1.82) is 0 Å². The molecular formula is C23H20N2O3S. The Bertz CT molecular complexity index is 1280. The van der Waals surface area contributed by atoms with Crippen LogP contribution in [0.15, 0.2) is 75.7 Å². The summed E-state index contributed by atoms with van der Waals surface area (Å²) in [5, 5.41) is 0. The van der Waals surface area contributed by atoms with E-state index in [0.29, 0.717) is 20.6 Å². The summed E-state index contributed by atoms with van der Waals surface area (Å²) < 4.78 is 7.19. The van der Waals surface area contributed by atoms with E-state index in [-0.39, 0.29) is 5.56 Å². The number of aromatic nitrogens is 1. The van der Waals surface area contributed by atoms with Crippen LogP contribution in [0.4, 0.5) is 0 Å². The number of carbonyl (C=O) groups excluding carboxylic acids is 1. The molecule has 0 bridgehead atoms. The summed E-state index contributed by atoms with van der Waals surface area (Å²) in [6.07, 6.45) is 1.85. The number of fused-ring (bicyclic) bond motifs is 1. The third-order valence-electron chi connectivity index (χ3n) is 4.92. The maximum atomic E-state index is 13.3. The highest BCUT2D eigenvalue weighted by Gasteiger charge is 2.32. The summed E-state index contributed by atoms with van der Waals surface area (Å²) in [4.78, 5) is 31.1. The molecule has 0 aliphatic carbocycles. The van der Waals surface area contributed by atoms with Crippen molar-refractivity contribution in [3.8, 4) is 0 Å². The standard InChI is InChI=1S/C23H20N2O3S/c1-14-9-11-17(12-10-14)20-19(22(27)28-3)15(2)24-23-25(20)21(26)18(29-23)13-16-7-5-4-6-8-16/h4-13,20H,1-3H3/b18-13+. The van der Waals surface area contributed by atoms with Gasteiger partial charge in [0.1, 0.15) is 0 Å². The molecule has 1 aromatic heterocycles. The molecule has 29 heavy (non-hydrogen) atoms. The fraction of sp³-hybridized carbons (Fsp3) is 0.174. The molecule has 0 saturated carbocycles. The van der Waals surface area contributed by atoms with E-state index in [1.54, 1.807) is 11.5 Å². The Hall–Kier alpha value is -3.25. The minimum Gasteiger partial charge on any atom is -0.466 e. The lowest BCUT2D eigenvalue weighted by atomic mass is 9.95. The van der Waals surface area contributed by atoms with Crippen molar-refractivity contribution in [2.75, 3.05) is 7.11 Å². The second-order valence-corrected chi connectivity index (χ2v) is 7.90. The maximum Gasteiger partial charge on any atom is 0.338 e. The van der Waals surface area contributed by atoms with Crippen LogP contribution in [0.3, 0.4) is 0 Å². The number of hydrogen-bond acceptors (Lipinski definition) is 5. The normalized spacial score (nSPS) is 16.4. The summed E-state index contributed by atoms with van der Waals surface area (Å²) in [7, 11) is 1.34. The van der Waals surface area contributed by atoms with E-state index in [4.69, 9.17) is 4.74 Å². The van der Waals surface area contributed by atoms with Crippen LogP contribution in [0.5, 0.6) is 0 Å². The molecule has 146 valence electrons. The molecule has 2 aromatic carbocycles. The molecule has 0 saturated heterocycles. The molecule has 3 aromatic rings. The van der Waals surface area contributed by atoms with Gasteiger partial charge in [0, 0.05) is 0 Å². The second-order valence-electron chi connectivity index (χ2n) is 6.89. The number of allylic oxidation sites excluding steroid dienone is 1. The molecule has 4 rings (SSSR count). The summed E-state index contributed by atoms with van der Waals surface area (Å²) in [5.41, 5.74) is 3.67. The van der Waals surface area contributed by atoms with E-state index < -0.39 is 12.0 Å². The van der Waals surface area contributed by atoms with Crippen molar-refractivity contribution in [3.63, 3.8) is 0 Å². The number of esters is 1. The minimum atomic E-state index is -0.572. The van der Waals surface area contributed by atoms with E-state index in [9.17, 15) is 9.59 Å². The van der Waals surface area contributed by atoms with Crippen molar-refractivity contribution < 1.29 is 9.53 Å². The third-order valence-corrected chi connectivity index (χ3v) is 5.90. The number of benzene rings is 2. The molecule has 0 fully saturated rings. The second kappa shape index (κ2) is 7.64. The van der Waals surface area contributed by atoms with Crippen LogP contribution in [0, 0.1) is 6.92 Å². The van der Waals surface area contributed by atoms with Gasteiger partial charge in [0.05, 0.1) is 29.0 Å². The highest BCUT2D eigenvalue weighted by atomic mass is 32.1. The van der Waals surface area contributed by atoms with Gasteiger partial charge in [0.25, 0.3) is 5.56 Å². The Morgan fingerprint density at radius 1 is 1.10 bits per heavy atom. The van der Waals surface area contributed by atoms with Crippen molar-refractivity contribution in [2.45, 2.75) is 19.9 Å². The number of thiazole rings is 1. The van der Waals surface area contributed by atoms with Crippen LogP contribution in [0.1, 0.15) is 29.7 Å². The van der Waals surface area contributed by atoms with Crippen LogP contribution in [-0.4, -0.2) is 17.6 Å². The van der Waals surface area contributed by atoms with Gasteiger partial charge in [-0.15, -0.1) is 0 Å². The predicted octanol–water partition coefficient (Wildman–Crippen LogP) is 2.72. The molecule has 0 N–H and O–H groups in total. The number of ether oxygens (including phenoxy) is 1. The summed E-state index contributed by atoms with van der Waals surface area (Å²) in [5.74, 6) is -0.478. The Morgan fingerprint density at radius 3 is 2.45 bits per heavy atom. The Morgan fingerprint density at radius 2 is 1.79 bits per heavy atom. The fourth-order valence-electron chi connectivity index (χ4n) is 3.46. The quantitative estimate of drug-likeness (QED) is 0.631. The zero-order chi connectivity index (χ0) is 20.5. The molecule has 0 radical (unpaired) electrons. The van der Waals surface area contributed by atoms with Crippen LogP contribution >= 0.6 is 11.3 Å². The predicted molar refractivity (Wildman–Crippen MR) is 113 cm³/mol. The molecule has 1 unspecified atom stereocenters. The zero-order valence-corrected chi connectivity index (χ0v) is 17.2. The van der Waals surface area contributed by atoms with E-state index in [0.717, 1.165) is 16.7 Å². The van der Waals surface area contributed by atoms with Gasteiger partial charge < -0.3 is 4.74 Å². The minimum absolute atomic E-state index is 0.169. The largest absolute Gasteiger partial charge is 0.466 e. The number of nitrogens with zero attached hydrogens (tertiary/aromatic N) is 2. The van der Waals surface area contributed by atoms with Crippen molar-refractivity contribution in [2.24, 2.45) is 4.99 Å². The van der Waals surface area contributed by atoms with Crippen LogP contribution in [-0.2, 0) is 9.53 Å². The molecule has 1 aliphatic heterocycles. The summed E-state index contributed by atoms with van der Waals surface area (Å²) in [6.45, 7) is 3.78. The lowest BCUT2D eigenvalue weighted by Gasteiger charge is -2.24. The monoisotopic (exact) mass is 404 g/mol. The van der Waals surface area contributed by atoms with Crippen molar-refractivity contribution in [3.05, 3.63) is 102 Å². The highest BCUT2D eigenvalue weighted by Crippen LogP contribution is 2.30. The van der Waals surface area contributed by atoms with E-state index >= 15 is 0 Å². The molecule has 0 spiro atoms. The molecule has 5 nitrogen and oxygen atoms in total. The topological polar surface area (TPSA) is 60.7 Å². The van der Waals surface area contributed by atoms with Gasteiger partial charge in [-0.25, -0.2) is 9.79 Å². The smallest absolute Gasteiger partial charge is 0.338 e. The fourth-order valence-corrected chi connectivity index (χ4v) is 4.50. The number of rotatable bonds is 3. The first kappa shape index (κ1) is 19.1. The van der Waals surface area contributed by atoms with Gasteiger partial charge in [-0.05, 0) is 31.1 Å². The van der Waals surface area contributed by atoms with Crippen LogP contribution in [0.25, 0.3) is 6.08 Å². The highest BCUT2D eigenvalue weighted by molar-refractivity contribution is 7.07. The van der Waals surface area contributed by atoms with Crippen LogP contribution in [0.2, 0.25) is 0 Å². The lowest BCUT2D eigenvalue weighted by molar-refractivity contribution is -0.136. The molecule has 0 amide bonds. The van der Waals surface area contributed by atoms with Gasteiger partial charge >= 0.3 is 5.97 Å². The Labute approximate surface area is 171 Å². The van der Waals surface area contributed by atoms with Gasteiger partial charge in [-0.2, -0.15) is 0 Å². The van der Waals surface area contributed by atoms with E-state index in [1.165, 1.54) is 18.4 Å². The Balaban J connectivity index is 1.99. The third kappa shape index (κ3) is 3.47. The SMILES string of the molecule is COC(=O)C1=C(C)N=c2s/c(=C/c3ccccc3)c(=O)n2C1c1ccc(C)cc1. The summed E-state index contributed by atoms with van der Waals surface area (Å²) >= 11 is 1.33. The zero-order valence-electron chi connectivity index (χ0n) is 16.4. The first-order valence-corrected chi connectivity index (χ1v) is 10.0. The van der Waals surface area contributed by atoms with Gasteiger partial charge in [-0.1, -0.05) is 71.5 Å². The molecule has 1 aliphatic rings. The first-order chi connectivity index (χ1) is 14.0. The number of carbonyl (C=O) groups is 1. The molecular weight excluding hydrogens is 384 g/mol. The van der Waals surface area contributed by atoms with Crippen molar-refractivity contribution >= 4 is 23.4 Å². The number of hydrogen-bond donors (Lipinski definition) is 0. The number of aryl methyl sites for hydroxylation is 1. The average Bonchev–Trinajstić information content (AvgIpc) is 3.02. The first-order valence-electron chi connectivity index (χ1n) is 9.22. The summed E-state index contributed by atoms with van der Waals surface area (Å²) in [6, 6.07) is 16.9.